The van der Waals surface area contributed by atoms with Gasteiger partial charge >= 0.3 is 0 Å². The number of carbonyl (C=O) groups excluding carboxylic acids is 1. The second-order valence-corrected chi connectivity index (χ2v) is 5.16. The quantitative estimate of drug-likeness (QED) is 0.784. The van der Waals surface area contributed by atoms with Gasteiger partial charge in [0.05, 0.1) is 0 Å². The van der Waals surface area contributed by atoms with Gasteiger partial charge in [0, 0.05) is 42.9 Å². The third-order valence-corrected chi connectivity index (χ3v) is 3.58. The monoisotopic (exact) mass is 272 g/mol. The van der Waals surface area contributed by atoms with Crippen molar-refractivity contribution in [2.45, 2.75) is 6.42 Å². The van der Waals surface area contributed by atoms with Gasteiger partial charge in [-0.2, -0.15) is 0 Å². The molecule has 0 spiro atoms. The molecular weight excluding hydrogens is 256 g/mol. The maximum absolute atomic E-state index is 11.9. The molecule has 0 bridgehead atoms. The number of nitrogens with zero attached hydrogens (tertiary/aromatic N) is 2. The summed E-state index contributed by atoms with van der Waals surface area (Å²) >= 11 is 1.62. The van der Waals surface area contributed by atoms with Crippen LogP contribution in [0, 0.1) is 0 Å². The lowest BCUT2D eigenvalue weighted by Crippen LogP contribution is -2.27. The van der Waals surface area contributed by atoms with Gasteiger partial charge in [0.25, 0.3) is 0 Å². The number of carbonyl (C=O) groups is 1. The SMILES string of the molecule is CN(CCc1ccccn1)C(=O)C=Cc1cccs1. The van der Waals surface area contributed by atoms with Crippen molar-refractivity contribution < 1.29 is 4.79 Å². The largest absolute Gasteiger partial charge is 0.342 e. The Kier molecular flexibility index (Phi) is 4.86. The Morgan fingerprint density at radius 1 is 1.37 bits per heavy atom. The normalized spacial score (nSPS) is 10.8. The van der Waals surface area contributed by atoms with Gasteiger partial charge in [-0.3, -0.25) is 9.78 Å². The van der Waals surface area contributed by atoms with Crippen LogP contribution in [0.1, 0.15) is 10.6 Å². The lowest BCUT2D eigenvalue weighted by atomic mass is 10.2. The molecule has 2 aromatic rings. The van der Waals surface area contributed by atoms with E-state index in [1.807, 2.05) is 48.8 Å². The molecule has 2 heterocycles. The lowest BCUT2D eigenvalue weighted by molar-refractivity contribution is -0.124. The summed E-state index contributed by atoms with van der Waals surface area (Å²) in [6.45, 7) is 0.671. The molecule has 0 unspecified atom stereocenters. The smallest absolute Gasteiger partial charge is 0.246 e. The maximum atomic E-state index is 11.9. The van der Waals surface area contributed by atoms with Crippen LogP contribution in [0.2, 0.25) is 0 Å². The Hall–Kier alpha value is -1.94. The number of hydrogen-bond donors (Lipinski definition) is 0. The van der Waals surface area contributed by atoms with Gasteiger partial charge in [0.2, 0.25) is 5.91 Å². The predicted octanol–water partition coefficient (Wildman–Crippen LogP) is 2.86. The Morgan fingerprint density at radius 3 is 2.95 bits per heavy atom. The molecule has 1 amide bonds. The van der Waals surface area contributed by atoms with Crippen molar-refractivity contribution in [3.63, 3.8) is 0 Å². The maximum Gasteiger partial charge on any atom is 0.246 e. The van der Waals surface area contributed by atoms with Crippen LogP contribution in [-0.2, 0) is 11.2 Å². The minimum atomic E-state index is 0.0179. The van der Waals surface area contributed by atoms with Crippen LogP contribution in [0.25, 0.3) is 6.08 Å². The van der Waals surface area contributed by atoms with Crippen LogP contribution in [-0.4, -0.2) is 29.4 Å². The summed E-state index contributed by atoms with van der Waals surface area (Å²) in [6.07, 6.45) is 6.01. The van der Waals surface area contributed by atoms with E-state index in [4.69, 9.17) is 0 Å². The van der Waals surface area contributed by atoms with Crippen molar-refractivity contribution in [2.75, 3.05) is 13.6 Å². The summed E-state index contributed by atoms with van der Waals surface area (Å²) in [7, 11) is 1.81. The van der Waals surface area contributed by atoms with Gasteiger partial charge in [-0.1, -0.05) is 12.1 Å². The molecular formula is C15H16N2OS. The summed E-state index contributed by atoms with van der Waals surface area (Å²) in [5, 5.41) is 1.99. The van der Waals surface area contributed by atoms with Crippen molar-refractivity contribution >= 4 is 23.3 Å². The second-order valence-electron chi connectivity index (χ2n) is 4.18. The Balaban J connectivity index is 1.83. The van der Waals surface area contributed by atoms with Crippen molar-refractivity contribution in [1.29, 1.82) is 0 Å². The van der Waals surface area contributed by atoms with E-state index in [0.717, 1.165) is 17.0 Å². The van der Waals surface area contributed by atoms with E-state index in [0.29, 0.717) is 6.54 Å². The number of pyridine rings is 1. The highest BCUT2D eigenvalue weighted by atomic mass is 32.1. The van der Waals surface area contributed by atoms with Gasteiger partial charge < -0.3 is 4.90 Å². The number of thiophene rings is 1. The highest BCUT2D eigenvalue weighted by molar-refractivity contribution is 7.10. The van der Waals surface area contributed by atoms with E-state index < -0.39 is 0 Å². The first-order valence-electron chi connectivity index (χ1n) is 6.12. The zero-order valence-corrected chi connectivity index (χ0v) is 11.6. The molecule has 0 aliphatic carbocycles. The molecule has 0 aliphatic rings. The van der Waals surface area contributed by atoms with Crippen LogP contribution >= 0.6 is 11.3 Å². The van der Waals surface area contributed by atoms with Gasteiger partial charge in [0.1, 0.15) is 0 Å². The molecule has 0 saturated carbocycles. The molecule has 0 radical (unpaired) electrons. The third kappa shape index (κ3) is 4.34. The number of hydrogen-bond acceptors (Lipinski definition) is 3. The highest BCUT2D eigenvalue weighted by Gasteiger charge is 2.05. The van der Waals surface area contributed by atoms with Crippen LogP contribution < -0.4 is 0 Å². The van der Waals surface area contributed by atoms with Gasteiger partial charge in [-0.15, -0.1) is 11.3 Å². The molecule has 98 valence electrons. The Bertz CT molecular complexity index is 535. The van der Waals surface area contributed by atoms with Crippen LogP contribution in [0.4, 0.5) is 0 Å². The molecule has 0 atom stereocenters. The Labute approximate surface area is 117 Å². The van der Waals surface area contributed by atoms with Crippen molar-refractivity contribution in [1.82, 2.24) is 9.88 Å². The molecule has 0 N–H and O–H groups in total. The zero-order chi connectivity index (χ0) is 13.5. The second kappa shape index (κ2) is 6.85. The molecule has 3 nitrogen and oxygen atoms in total. The van der Waals surface area contributed by atoms with Crippen LogP contribution in [0.3, 0.4) is 0 Å². The molecule has 2 rings (SSSR count). The average molecular weight is 272 g/mol. The summed E-state index contributed by atoms with van der Waals surface area (Å²) < 4.78 is 0. The zero-order valence-electron chi connectivity index (χ0n) is 10.8. The summed E-state index contributed by atoms with van der Waals surface area (Å²) in [4.78, 5) is 18.9. The number of rotatable bonds is 5. The molecule has 0 aromatic carbocycles. The number of likely N-dealkylation sites (N-methyl/N-ethyl adjacent to an activating group) is 1. The number of aromatic nitrogens is 1. The van der Waals surface area contributed by atoms with Crippen LogP contribution in [0.5, 0.6) is 0 Å². The topological polar surface area (TPSA) is 33.2 Å². The minimum absolute atomic E-state index is 0.0179. The van der Waals surface area contributed by atoms with E-state index >= 15 is 0 Å². The third-order valence-electron chi connectivity index (χ3n) is 2.74. The van der Waals surface area contributed by atoms with Crippen LogP contribution in [0.15, 0.2) is 48.0 Å². The predicted molar refractivity (Wildman–Crippen MR) is 78.9 cm³/mol. The van der Waals surface area contributed by atoms with Crippen molar-refractivity contribution in [3.8, 4) is 0 Å². The molecule has 19 heavy (non-hydrogen) atoms. The summed E-state index contributed by atoms with van der Waals surface area (Å²) in [5.74, 6) is 0.0179. The fourth-order valence-electron chi connectivity index (χ4n) is 1.61. The molecule has 0 aliphatic heterocycles. The first-order chi connectivity index (χ1) is 9.25. The average Bonchev–Trinajstić information content (AvgIpc) is 2.96. The van der Waals surface area contributed by atoms with Crippen molar-refractivity contribution in [2.24, 2.45) is 0 Å². The fraction of sp³-hybridized carbons (Fsp3) is 0.200. The van der Waals surface area contributed by atoms with E-state index in [-0.39, 0.29) is 5.91 Å². The standard InChI is InChI=1S/C15H16N2OS/c1-17(11-9-13-5-2-3-10-16-13)15(18)8-7-14-6-4-12-19-14/h2-8,10,12H,9,11H2,1H3. The van der Waals surface area contributed by atoms with Crippen molar-refractivity contribution in [3.05, 3.63) is 58.6 Å². The van der Waals surface area contributed by atoms with E-state index in [9.17, 15) is 4.79 Å². The highest BCUT2D eigenvalue weighted by Crippen LogP contribution is 2.10. The van der Waals surface area contributed by atoms with E-state index in [1.165, 1.54) is 0 Å². The fourth-order valence-corrected chi connectivity index (χ4v) is 2.22. The molecule has 0 fully saturated rings. The minimum Gasteiger partial charge on any atom is -0.342 e. The number of amides is 1. The van der Waals surface area contributed by atoms with E-state index in [1.54, 1.807) is 28.5 Å². The first kappa shape index (κ1) is 13.5. The van der Waals surface area contributed by atoms with Gasteiger partial charge in [-0.05, 0) is 29.7 Å². The van der Waals surface area contributed by atoms with E-state index in [2.05, 4.69) is 4.98 Å². The summed E-state index contributed by atoms with van der Waals surface area (Å²) in [5.41, 5.74) is 1.00. The molecule has 0 saturated heterocycles. The molecule has 2 aromatic heterocycles. The summed E-state index contributed by atoms with van der Waals surface area (Å²) in [6, 6.07) is 9.78. The van der Waals surface area contributed by atoms with Gasteiger partial charge in [0.15, 0.2) is 0 Å². The Morgan fingerprint density at radius 2 is 2.26 bits per heavy atom. The lowest BCUT2D eigenvalue weighted by Gasteiger charge is -2.14. The first-order valence-corrected chi connectivity index (χ1v) is 7.00. The van der Waals surface area contributed by atoms with Gasteiger partial charge in [-0.25, -0.2) is 0 Å². The molecule has 4 heteroatoms.